The second-order valence-electron chi connectivity index (χ2n) is 7.33. The molecule has 0 saturated heterocycles. The Balaban J connectivity index is 2.43. The van der Waals surface area contributed by atoms with Crippen molar-refractivity contribution in [2.45, 2.75) is 51.5 Å². The largest absolute Gasteiger partial charge is 0.497 e. The van der Waals surface area contributed by atoms with Crippen molar-refractivity contribution in [3.05, 3.63) is 24.3 Å². The number of methoxy groups -OCH3 is 1. The van der Waals surface area contributed by atoms with Crippen molar-refractivity contribution < 1.29 is 14.3 Å². The SMILES string of the molecule is COc1ccc(SN(CCCNC(=O)OC(C)(C)C)CC(C)C)cc1. The molecule has 0 aliphatic carbocycles. The Bertz CT molecular complexity index is 512. The summed E-state index contributed by atoms with van der Waals surface area (Å²) >= 11 is 1.74. The molecule has 0 saturated carbocycles. The topological polar surface area (TPSA) is 50.8 Å². The van der Waals surface area contributed by atoms with Crippen LogP contribution in [-0.2, 0) is 4.74 Å². The highest BCUT2D eigenvalue weighted by Crippen LogP contribution is 2.25. The molecule has 142 valence electrons. The molecule has 0 bridgehead atoms. The van der Waals surface area contributed by atoms with Gasteiger partial charge >= 0.3 is 6.09 Å². The minimum absolute atomic E-state index is 0.356. The molecule has 0 unspecified atom stereocenters. The molecule has 1 rings (SSSR count). The van der Waals surface area contributed by atoms with Gasteiger partial charge in [-0.15, -0.1) is 0 Å². The smallest absolute Gasteiger partial charge is 0.407 e. The minimum atomic E-state index is -0.460. The van der Waals surface area contributed by atoms with Gasteiger partial charge in [-0.2, -0.15) is 0 Å². The van der Waals surface area contributed by atoms with Crippen molar-refractivity contribution in [3.63, 3.8) is 0 Å². The van der Waals surface area contributed by atoms with Gasteiger partial charge in [0.15, 0.2) is 0 Å². The van der Waals surface area contributed by atoms with Crippen LogP contribution in [0.25, 0.3) is 0 Å². The van der Waals surface area contributed by atoms with Crippen LogP contribution in [0.1, 0.15) is 41.0 Å². The van der Waals surface area contributed by atoms with Crippen LogP contribution in [-0.4, -0.2) is 42.7 Å². The van der Waals surface area contributed by atoms with Gasteiger partial charge in [0.25, 0.3) is 0 Å². The van der Waals surface area contributed by atoms with E-state index in [9.17, 15) is 4.79 Å². The predicted octanol–water partition coefficient (Wildman–Crippen LogP) is 4.58. The van der Waals surface area contributed by atoms with Gasteiger partial charge in [0, 0.05) is 24.5 Å². The van der Waals surface area contributed by atoms with Crippen molar-refractivity contribution in [2.75, 3.05) is 26.7 Å². The summed E-state index contributed by atoms with van der Waals surface area (Å²) in [6, 6.07) is 8.07. The number of amides is 1. The van der Waals surface area contributed by atoms with Crippen LogP contribution in [0, 0.1) is 5.92 Å². The van der Waals surface area contributed by atoms with Crippen LogP contribution in [0.4, 0.5) is 4.79 Å². The lowest BCUT2D eigenvalue weighted by atomic mass is 10.2. The van der Waals surface area contributed by atoms with Crippen molar-refractivity contribution >= 4 is 18.0 Å². The minimum Gasteiger partial charge on any atom is -0.497 e. The van der Waals surface area contributed by atoms with E-state index in [4.69, 9.17) is 9.47 Å². The van der Waals surface area contributed by atoms with Crippen molar-refractivity contribution in [1.29, 1.82) is 0 Å². The van der Waals surface area contributed by atoms with Gasteiger partial charge in [0.05, 0.1) is 7.11 Å². The van der Waals surface area contributed by atoms with Crippen LogP contribution in [0.5, 0.6) is 5.75 Å². The molecule has 1 N–H and O–H groups in total. The number of hydrogen-bond acceptors (Lipinski definition) is 5. The number of nitrogens with zero attached hydrogens (tertiary/aromatic N) is 1. The second-order valence-corrected chi connectivity index (χ2v) is 8.50. The number of hydrogen-bond donors (Lipinski definition) is 1. The first-order chi connectivity index (χ1) is 11.7. The van der Waals surface area contributed by atoms with Gasteiger partial charge < -0.3 is 14.8 Å². The molecule has 5 nitrogen and oxygen atoms in total. The molecule has 0 aromatic heterocycles. The fourth-order valence-corrected chi connectivity index (χ4v) is 3.28. The molecule has 1 aromatic rings. The van der Waals surface area contributed by atoms with E-state index < -0.39 is 5.60 Å². The van der Waals surface area contributed by atoms with E-state index in [0.717, 1.165) is 25.3 Å². The number of rotatable bonds is 9. The molecule has 0 atom stereocenters. The highest BCUT2D eigenvalue weighted by Gasteiger charge is 2.16. The van der Waals surface area contributed by atoms with Crippen molar-refractivity contribution in [3.8, 4) is 5.75 Å². The lowest BCUT2D eigenvalue weighted by Gasteiger charge is -2.23. The van der Waals surface area contributed by atoms with E-state index in [2.05, 4.69) is 35.6 Å². The summed E-state index contributed by atoms with van der Waals surface area (Å²) in [5.74, 6) is 1.44. The molecule has 0 aliphatic rings. The summed E-state index contributed by atoms with van der Waals surface area (Å²) in [4.78, 5) is 12.9. The number of benzene rings is 1. The average Bonchev–Trinajstić information content (AvgIpc) is 2.50. The summed E-state index contributed by atoms with van der Waals surface area (Å²) in [5, 5.41) is 2.81. The Hall–Kier alpha value is -1.40. The van der Waals surface area contributed by atoms with Crippen LogP contribution >= 0.6 is 11.9 Å². The first kappa shape index (κ1) is 21.6. The third kappa shape index (κ3) is 10.2. The van der Waals surface area contributed by atoms with E-state index in [0.29, 0.717) is 12.5 Å². The van der Waals surface area contributed by atoms with E-state index in [1.54, 1.807) is 19.1 Å². The first-order valence-electron chi connectivity index (χ1n) is 8.73. The third-order valence-electron chi connectivity index (χ3n) is 3.12. The monoisotopic (exact) mass is 368 g/mol. The van der Waals surface area contributed by atoms with Crippen LogP contribution in [0.3, 0.4) is 0 Å². The zero-order valence-corrected chi connectivity index (χ0v) is 17.1. The van der Waals surface area contributed by atoms with Gasteiger partial charge in [0.2, 0.25) is 0 Å². The summed E-state index contributed by atoms with van der Waals surface area (Å²) < 4.78 is 12.8. The predicted molar refractivity (Wildman–Crippen MR) is 104 cm³/mol. The molecule has 25 heavy (non-hydrogen) atoms. The molecule has 0 heterocycles. The summed E-state index contributed by atoms with van der Waals surface area (Å²) in [5.41, 5.74) is -0.460. The fourth-order valence-electron chi connectivity index (χ4n) is 2.13. The third-order valence-corrected chi connectivity index (χ3v) is 4.19. The number of ether oxygens (including phenoxy) is 2. The van der Waals surface area contributed by atoms with Crippen LogP contribution < -0.4 is 10.1 Å². The normalized spacial score (nSPS) is 11.7. The van der Waals surface area contributed by atoms with Crippen LogP contribution in [0.15, 0.2) is 29.2 Å². The lowest BCUT2D eigenvalue weighted by Crippen LogP contribution is -2.34. The molecule has 0 aliphatic heterocycles. The Labute approximate surface area is 156 Å². The first-order valence-corrected chi connectivity index (χ1v) is 9.51. The standard InChI is InChI=1S/C19H32N2O3S/c1-15(2)14-21(25-17-10-8-16(23-6)9-11-17)13-7-12-20-18(22)24-19(3,4)5/h8-11,15H,7,12-14H2,1-6H3,(H,20,22). The van der Waals surface area contributed by atoms with E-state index in [-0.39, 0.29) is 6.09 Å². The molecule has 0 spiro atoms. The Kier molecular flexibility index (Phi) is 9.14. The molecule has 1 aromatic carbocycles. The summed E-state index contributed by atoms with van der Waals surface area (Å²) in [6.45, 7) is 12.5. The van der Waals surface area contributed by atoms with Gasteiger partial charge in [-0.05, 0) is 69.3 Å². The molecule has 6 heteroatoms. The van der Waals surface area contributed by atoms with E-state index in [1.807, 2.05) is 32.9 Å². The molecular formula is C19H32N2O3S. The number of carbonyl (C=O) groups excluding carboxylic acids is 1. The van der Waals surface area contributed by atoms with Crippen molar-refractivity contribution in [2.24, 2.45) is 5.92 Å². The Morgan fingerprint density at radius 3 is 2.40 bits per heavy atom. The molecule has 0 radical (unpaired) electrons. The maximum Gasteiger partial charge on any atom is 0.407 e. The van der Waals surface area contributed by atoms with Crippen molar-refractivity contribution in [1.82, 2.24) is 9.62 Å². The maximum absolute atomic E-state index is 11.7. The van der Waals surface area contributed by atoms with Gasteiger partial charge in [-0.1, -0.05) is 13.8 Å². The van der Waals surface area contributed by atoms with Gasteiger partial charge in [-0.3, -0.25) is 0 Å². The second kappa shape index (κ2) is 10.6. The van der Waals surface area contributed by atoms with Gasteiger partial charge in [-0.25, -0.2) is 9.10 Å². The highest BCUT2D eigenvalue weighted by molar-refractivity contribution is 7.97. The number of carbonyl (C=O) groups is 1. The average molecular weight is 369 g/mol. The fraction of sp³-hybridized carbons (Fsp3) is 0.632. The zero-order chi connectivity index (χ0) is 18.9. The maximum atomic E-state index is 11.7. The van der Waals surface area contributed by atoms with E-state index >= 15 is 0 Å². The molecule has 0 fully saturated rings. The Morgan fingerprint density at radius 2 is 1.88 bits per heavy atom. The van der Waals surface area contributed by atoms with Gasteiger partial charge in [0.1, 0.15) is 11.4 Å². The van der Waals surface area contributed by atoms with Crippen LogP contribution in [0.2, 0.25) is 0 Å². The van der Waals surface area contributed by atoms with E-state index in [1.165, 1.54) is 4.90 Å². The summed E-state index contributed by atoms with van der Waals surface area (Å²) in [7, 11) is 1.67. The highest BCUT2D eigenvalue weighted by atomic mass is 32.2. The zero-order valence-electron chi connectivity index (χ0n) is 16.3. The number of alkyl carbamates (subject to hydrolysis) is 1. The molecule has 1 amide bonds. The quantitative estimate of drug-likeness (QED) is 0.511. The Morgan fingerprint density at radius 1 is 1.24 bits per heavy atom. The summed E-state index contributed by atoms with van der Waals surface area (Å²) in [6.07, 6.45) is 0.514. The molecular weight excluding hydrogens is 336 g/mol. The number of nitrogens with one attached hydrogen (secondary N) is 1. The lowest BCUT2D eigenvalue weighted by molar-refractivity contribution is 0.0526.